The van der Waals surface area contributed by atoms with Crippen molar-refractivity contribution in [2.75, 3.05) is 12.0 Å². The molecule has 0 heterocycles. The molecule has 0 aromatic heterocycles. The summed E-state index contributed by atoms with van der Waals surface area (Å²) in [6.45, 7) is 0.660. The number of nitriles is 1. The van der Waals surface area contributed by atoms with Crippen LogP contribution in [0.4, 0.5) is 10.1 Å². The molecule has 1 aliphatic rings. The molecule has 0 unspecified atom stereocenters. The lowest BCUT2D eigenvalue weighted by Crippen LogP contribution is -2.26. The minimum atomic E-state index is -0.458. The second-order valence-corrected chi connectivity index (χ2v) is 5.45. The van der Waals surface area contributed by atoms with Crippen molar-refractivity contribution in [1.82, 2.24) is 0 Å². The molecule has 0 spiro atoms. The number of anilines is 1. The molecule has 2 aromatic carbocycles. The SMILES string of the molecule is COc1ccc(CN(c2cccc(F)c2C#N)C2CC2)cc1. The van der Waals surface area contributed by atoms with Crippen LogP contribution in [0.5, 0.6) is 5.75 Å². The van der Waals surface area contributed by atoms with Crippen molar-refractivity contribution in [3.63, 3.8) is 0 Å². The van der Waals surface area contributed by atoms with E-state index in [0.29, 0.717) is 18.3 Å². The molecule has 0 atom stereocenters. The maximum atomic E-state index is 13.9. The van der Waals surface area contributed by atoms with Crippen LogP contribution < -0.4 is 9.64 Å². The predicted molar refractivity (Wildman–Crippen MR) is 83.3 cm³/mol. The van der Waals surface area contributed by atoms with Crippen molar-refractivity contribution in [3.05, 3.63) is 59.4 Å². The molecule has 3 nitrogen and oxygen atoms in total. The van der Waals surface area contributed by atoms with Gasteiger partial charge in [-0.15, -0.1) is 0 Å². The molecule has 0 N–H and O–H groups in total. The van der Waals surface area contributed by atoms with Gasteiger partial charge in [0.05, 0.1) is 12.8 Å². The molecule has 1 aliphatic carbocycles. The van der Waals surface area contributed by atoms with E-state index in [0.717, 1.165) is 24.2 Å². The zero-order chi connectivity index (χ0) is 15.5. The molecular weight excluding hydrogens is 279 g/mol. The number of hydrogen-bond donors (Lipinski definition) is 0. The van der Waals surface area contributed by atoms with E-state index < -0.39 is 5.82 Å². The van der Waals surface area contributed by atoms with Crippen LogP contribution in [0.2, 0.25) is 0 Å². The first kappa shape index (κ1) is 14.4. The molecule has 0 bridgehead atoms. The Hall–Kier alpha value is -2.54. The van der Waals surface area contributed by atoms with Gasteiger partial charge in [0, 0.05) is 12.6 Å². The van der Waals surface area contributed by atoms with E-state index in [1.807, 2.05) is 36.4 Å². The van der Waals surface area contributed by atoms with E-state index in [9.17, 15) is 9.65 Å². The van der Waals surface area contributed by atoms with Gasteiger partial charge in [0.25, 0.3) is 0 Å². The molecule has 3 rings (SSSR count). The average molecular weight is 296 g/mol. The summed E-state index contributed by atoms with van der Waals surface area (Å²) in [4.78, 5) is 2.13. The van der Waals surface area contributed by atoms with Crippen LogP contribution in [0.3, 0.4) is 0 Å². The minimum absolute atomic E-state index is 0.128. The first-order chi connectivity index (χ1) is 10.7. The first-order valence-electron chi connectivity index (χ1n) is 7.31. The minimum Gasteiger partial charge on any atom is -0.497 e. The lowest BCUT2D eigenvalue weighted by molar-refractivity contribution is 0.414. The third-order valence-electron chi connectivity index (χ3n) is 3.91. The van der Waals surface area contributed by atoms with E-state index in [4.69, 9.17) is 4.74 Å². The molecule has 2 aromatic rings. The standard InChI is InChI=1S/C18H17FN2O/c1-22-15-9-5-13(6-10-15)12-21(14-7-8-14)18-4-2-3-17(19)16(18)11-20/h2-6,9-10,14H,7-8,12H2,1H3. The van der Waals surface area contributed by atoms with E-state index in [1.165, 1.54) is 6.07 Å². The molecule has 1 saturated carbocycles. The van der Waals surface area contributed by atoms with E-state index in [1.54, 1.807) is 13.2 Å². The molecule has 22 heavy (non-hydrogen) atoms. The maximum Gasteiger partial charge on any atom is 0.143 e. The van der Waals surface area contributed by atoms with Gasteiger partial charge in [0.2, 0.25) is 0 Å². The van der Waals surface area contributed by atoms with Gasteiger partial charge in [0.15, 0.2) is 0 Å². The summed E-state index contributed by atoms with van der Waals surface area (Å²) >= 11 is 0. The molecule has 1 fully saturated rings. The fourth-order valence-corrected chi connectivity index (χ4v) is 2.59. The lowest BCUT2D eigenvalue weighted by atomic mass is 10.1. The number of ether oxygens (including phenoxy) is 1. The van der Waals surface area contributed by atoms with Gasteiger partial charge in [-0.3, -0.25) is 0 Å². The zero-order valence-corrected chi connectivity index (χ0v) is 12.4. The third kappa shape index (κ3) is 2.89. The maximum absolute atomic E-state index is 13.9. The van der Waals surface area contributed by atoms with Crippen LogP contribution in [0.15, 0.2) is 42.5 Å². The Kier molecular flexibility index (Phi) is 3.97. The van der Waals surface area contributed by atoms with Gasteiger partial charge in [-0.2, -0.15) is 5.26 Å². The smallest absolute Gasteiger partial charge is 0.143 e. The average Bonchev–Trinajstić information content (AvgIpc) is 3.38. The molecule has 0 radical (unpaired) electrons. The van der Waals surface area contributed by atoms with Crippen LogP contribution in [0, 0.1) is 17.1 Å². The van der Waals surface area contributed by atoms with Gasteiger partial charge < -0.3 is 9.64 Å². The highest BCUT2D eigenvalue weighted by atomic mass is 19.1. The van der Waals surface area contributed by atoms with Crippen molar-refractivity contribution in [3.8, 4) is 11.8 Å². The molecule has 0 aliphatic heterocycles. The number of nitrogens with zero attached hydrogens (tertiary/aromatic N) is 2. The monoisotopic (exact) mass is 296 g/mol. The Balaban J connectivity index is 1.90. The van der Waals surface area contributed by atoms with Crippen LogP contribution in [-0.2, 0) is 6.54 Å². The van der Waals surface area contributed by atoms with Crippen molar-refractivity contribution in [2.45, 2.75) is 25.4 Å². The second kappa shape index (κ2) is 6.07. The molecule has 0 amide bonds. The van der Waals surface area contributed by atoms with Crippen molar-refractivity contribution in [2.24, 2.45) is 0 Å². The predicted octanol–water partition coefficient (Wildman–Crippen LogP) is 3.87. The Morgan fingerprint density at radius 2 is 1.95 bits per heavy atom. The van der Waals surface area contributed by atoms with Crippen molar-refractivity contribution in [1.29, 1.82) is 5.26 Å². The van der Waals surface area contributed by atoms with Crippen molar-refractivity contribution >= 4 is 5.69 Å². The van der Waals surface area contributed by atoms with Crippen LogP contribution >= 0.6 is 0 Å². The number of halogens is 1. The normalized spacial score (nSPS) is 13.5. The van der Waals surface area contributed by atoms with Crippen molar-refractivity contribution < 1.29 is 9.13 Å². The van der Waals surface area contributed by atoms with E-state index in [2.05, 4.69) is 4.90 Å². The summed E-state index contributed by atoms with van der Waals surface area (Å²) < 4.78 is 19.0. The molecule has 112 valence electrons. The third-order valence-corrected chi connectivity index (χ3v) is 3.91. The largest absolute Gasteiger partial charge is 0.497 e. The van der Waals surface area contributed by atoms with Crippen LogP contribution in [0.1, 0.15) is 24.0 Å². The fourth-order valence-electron chi connectivity index (χ4n) is 2.59. The topological polar surface area (TPSA) is 36.3 Å². The highest BCUT2D eigenvalue weighted by Crippen LogP contribution is 2.35. The summed E-state index contributed by atoms with van der Waals surface area (Å²) in [5.74, 6) is 0.352. The molecular formula is C18H17FN2O. The number of methoxy groups -OCH3 is 1. The summed E-state index contributed by atoms with van der Waals surface area (Å²) in [7, 11) is 1.64. The number of hydrogen-bond acceptors (Lipinski definition) is 3. The Morgan fingerprint density at radius 3 is 2.55 bits per heavy atom. The number of rotatable bonds is 5. The zero-order valence-electron chi connectivity index (χ0n) is 12.4. The summed E-state index contributed by atoms with van der Waals surface area (Å²) in [5, 5.41) is 9.25. The van der Waals surface area contributed by atoms with Crippen LogP contribution in [-0.4, -0.2) is 13.2 Å². The molecule has 4 heteroatoms. The highest BCUT2D eigenvalue weighted by molar-refractivity contribution is 5.61. The summed E-state index contributed by atoms with van der Waals surface area (Å²) in [5.41, 5.74) is 1.92. The Bertz CT molecular complexity index is 702. The summed E-state index contributed by atoms with van der Waals surface area (Å²) in [6, 6.07) is 15.0. The summed E-state index contributed by atoms with van der Waals surface area (Å²) in [6.07, 6.45) is 2.16. The van der Waals surface area contributed by atoms with E-state index in [-0.39, 0.29) is 5.56 Å². The van der Waals surface area contributed by atoms with Gasteiger partial charge >= 0.3 is 0 Å². The second-order valence-electron chi connectivity index (χ2n) is 5.45. The Labute approximate surface area is 129 Å². The number of benzene rings is 2. The van der Waals surface area contributed by atoms with Gasteiger partial charge in [-0.25, -0.2) is 4.39 Å². The lowest BCUT2D eigenvalue weighted by Gasteiger charge is -2.26. The van der Waals surface area contributed by atoms with Gasteiger partial charge in [-0.1, -0.05) is 18.2 Å². The quantitative estimate of drug-likeness (QED) is 0.840. The van der Waals surface area contributed by atoms with Crippen LogP contribution in [0.25, 0.3) is 0 Å². The van der Waals surface area contributed by atoms with Gasteiger partial charge in [-0.05, 0) is 42.7 Å². The Morgan fingerprint density at radius 1 is 1.23 bits per heavy atom. The highest BCUT2D eigenvalue weighted by Gasteiger charge is 2.31. The fraction of sp³-hybridized carbons (Fsp3) is 0.278. The van der Waals surface area contributed by atoms with Gasteiger partial charge in [0.1, 0.15) is 23.2 Å². The molecule has 0 saturated heterocycles. The van der Waals surface area contributed by atoms with E-state index >= 15 is 0 Å². The first-order valence-corrected chi connectivity index (χ1v) is 7.31.